The number of nitrogens with one attached hydrogen (secondary N) is 2. The fourth-order valence-electron chi connectivity index (χ4n) is 2.00. The van der Waals surface area contributed by atoms with E-state index in [-0.39, 0.29) is 11.6 Å². The second-order valence-electron chi connectivity index (χ2n) is 4.35. The van der Waals surface area contributed by atoms with Gasteiger partial charge in [-0.3, -0.25) is 0 Å². The van der Waals surface area contributed by atoms with Crippen LogP contribution in [-0.4, -0.2) is 23.7 Å². The quantitative estimate of drug-likeness (QED) is 0.721. The Hall–Kier alpha value is -2.04. The zero-order chi connectivity index (χ0) is 12.5. The van der Waals surface area contributed by atoms with E-state index in [1.54, 1.807) is 12.1 Å². The molecule has 1 fully saturated rings. The Morgan fingerprint density at radius 2 is 2.24 bits per heavy atom. The summed E-state index contributed by atoms with van der Waals surface area (Å²) in [6.45, 7) is 2.48. The summed E-state index contributed by atoms with van der Waals surface area (Å²) in [7, 11) is 0. The minimum absolute atomic E-state index is 0.223. The zero-order valence-corrected chi connectivity index (χ0v) is 9.49. The lowest BCUT2D eigenvalue weighted by Gasteiger charge is -2.35. The molecule has 2 rings (SSSR count). The van der Waals surface area contributed by atoms with Crippen molar-refractivity contribution in [2.24, 2.45) is 0 Å². The number of amides is 2. The van der Waals surface area contributed by atoms with Crippen molar-refractivity contribution in [2.45, 2.75) is 18.9 Å². The highest BCUT2D eigenvalue weighted by molar-refractivity contribution is 5.88. The van der Waals surface area contributed by atoms with Gasteiger partial charge in [0.15, 0.2) is 0 Å². The molecule has 0 spiro atoms. The summed E-state index contributed by atoms with van der Waals surface area (Å²) < 4.78 is 0. The molecule has 5 nitrogen and oxygen atoms in total. The fourth-order valence-corrected chi connectivity index (χ4v) is 2.00. The standard InChI is InChI=1S/C12H14N2O3/c1-12(5-6-13-11(17)14-12)9-4-2-3-8(7-9)10(15)16/h2-4,7H,5-6H2,1H3,(H,15,16)(H2,13,14,17). The molecule has 0 radical (unpaired) electrons. The highest BCUT2D eigenvalue weighted by Gasteiger charge is 2.32. The van der Waals surface area contributed by atoms with Crippen LogP contribution in [0.5, 0.6) is 0 Å². The Morgan fingerprint density at radius 3 is 2.88 bits per heavy atom. The molecule has 1 aromatic carbocycles. The number of carboxylic acids is 1. The zero-order valence-electron chi connectivity index (χ0n) is 9.49. The lowest BCUT2D eigenvalue weighted by Crippen LogP contribution is -2.54. The topological polar surface area (TPSA) is 78.4 Å². The van der Waals surface area contributed by atoms with Crippen molar-refractivity contribution >= 4 is 12.0 Å². The molecule has 1 saturated heterocycles. The van der Waals surface area contributed by atoms with E-state index in [1.807, 2.05) is 13.0 Å². The largest absolute Gasteiger partial charge is 0.478 e. The molecule has 17 heavy (non-hydrogen) atoms. The Labute approximate surface area is 98.8 Å². The predicted molar refractivity (Wildman–Crippen MR) is 61.9 cm³/mol. The average molecular weight is 234 g/mol. The average Bonchev–Trinajstić information content (AvgIpc) is 2.29. The first kappa shape index (κ1) is 11.4. The third-order valence-corrected chi connectivity index (χ3v) is 3.05. The van der Waals surface area contributed by atoms with E-state index in [4.69, 9.17) is 5.11 Å². The van der Waals surface area contributed by atoms with Gasteiger partial charge in [-0.2, -0.15) is 0 Å². The number of carbonyl (C=O) groups excluding carboxylic acids is 1. The third kappa shape index (κ3) is 2.22. The predicted octanol–water partition coefficient (Wildman–Crippen LogP) is 1.30. The molecule has 2 amide bonds. The van der Waals surface area contributed by atoms with Crippen LogP contribution in [0.15, 0.2) is 24.3 Å². The molecule has 0 bridgehead atoms. The van der Waals surface area contributed by atoms with Gasteiger partial charge in [-0.05, 0) is 31.0 Å². The number of rotatable bonds is 2. The molecule has 1 unspecified atom stereocenters. The van der Waals surface area contributed by atoms with Crippen LogP contribution in [0, 0.1) is 0 Å². The molecule has 1 aromatic rings. The van der Waals surface area contributed by atoms with Gasteiger partial charge in [0.1, 0.15) is 0 Å². The van der Waals surface area contributed by atoms with Crippen LogP contribution in [0.1, 0.15) is 29.3 Å². The summed E-state index contributed by atoms with van der Waals surface area (Å²) >= 11 is 0. The first-order chi connectivity index (χ1) is 8.01. The maximum atomic E-state index is 11.3. The van der Waals surface area contributed by atoms with Crippen molar-refractivity contribution in [1.82, 2.24) is 10.6 Å². The van der Waals surface area contributed by atoms with E-state index in [0.717, 1.165) is 12.0 Å². The van der Waals surface area contributed by atoms with Gasteiger partial charge >= 0.3 is 12.0 Å². The van der Waals surface area contributed by atoms with Crippen molar-refractivity contribution in [3.05, 3.63) is 35.4 Å². The van der Waals surface area contributed by atoms with Gasteiger partial charge in [-0.1, -0.05) is 12.1 Å². The number of aromatic carboxylic acids is 1. The summed E-state index contributed by atoms with van der Waals surface area (Å²) in [6.07, 6.45) is 0.724. The number of benzene rings is 1. The van der Waals surface area contributed by atoms with Gasteiger partial charge in [0, 0.05) is 6.54 Å². The molecule has 5 heteroatoms. The van der Waals surface area contributed by atoms with Crippen LogP contribution in [0.2, 0.25) is 0 Å². The molecule has 1 aliphatic heterocycles. The van der Waals surface area contributed by atoms with E-state index in [2.05, 4.69) is 10.6 Å². The second-order valence-corrected chi connectivity index (χ2v) is 4.35. The van der Waals surface area contributed by atoms with Crippen LogP contribution in [0.4, 0.5) is 4.79 Å². The Morgan fingerprint density at radius 1 is 1.47 bits per heavy atom. The molecule has 1 atom stereocenters. The van der Waals surface area contributed by atoms with Gasteiger partial charge in [0.25, 0.3) is 0 Å². The van der Waals surface area contributed by atoms with Crippen molar-refractivity contribution < 1.29 is 14.7 Å². The van der Waals surface area contributed by atoms with Crippen LogP contribution in [-0.2, 0) is 5.54 Å². The molecule has 0 aliphatic carbocycles. The normalized spacial score (nSPS) is 23.7. The summed E-state index contributed by atoms with van der Waals surface area (Å²) in [4.78, 5) is 22.2. The Balaban J connectivity index is 2.35. The fraction of sp³-hybridized carbons (Fsp3) is 0.333. The summed E-state index contributed by atoms with van der Waals surface area (Å²) in [6, 6.07) is 6.45. The van der Waals surface area contributed by atoms with Crippen LogP contribution in [0.25, 0.3) is 0 Å². The number of carboxylic acid groups (broad SMARTS) is 1. The molecular formula is C12H14N2O3. The first-order valence-electron chi connectivity index (χ1n) is 5.41. The van der Waals surface area contributed by atoms with Crippen LogP contribution in [0.3, 0.4) is 0 Å². The summed E-state index contributed by atoms with van der Waals surface area (Å²) in [5.74, 6) is -0.962. The third-order valence-electron chi connectivity index (χ3n) is 3.05. The van der Waals surface area contributed by atoms with Gasteiger partial charge in [-0.15, -0.1) is 0 Å². The maximum Gasteiger partial charge on any atom is 0.335 e. The second kappa shape index (κ2) is 4.08. The number of carbonyl (C=O) groups is 2. The molecule has 0 saturated carbocycles. The van der Waals surface area contributed by atoms with E-state index in [9.17, 15) is 9.59 Å². The SMILES string of the molecule is CC1(c2cccc(C(=O)O)c2)CCNC(=O)N1. The summed E-state index contributed by atoms with van der Waals surface area (Å²) in [5, 5.41) is 14.5. The first-order valence-corrected chi connectivity index (χ1v) is 5.41. The van der Waals surface area contributed by atoms with Crippen LogP contribution < -0.4 is 10.6 Å². The van der Waals surface area contributed by atoms with E-state index < -0.39 is 11.5 Å². The summed E-state index contributed by atoms with van der Waals surface area (Å²) in [5.41, 5.74) is 0.539. The van der Waals surface area contributed by atoms with Crippen molar-refractivity contribution in [1.29, 1.82) is 0 Å². The number of hydrogen-bond acceptors (Lipinski definition) is 2. The monoisotopic (exact) mass is 234 g/mol. The highest BCUT2D eigenvalue weighted by Crippen LogP contribution is 2.26. The van der Waals surface area contributed by atoms with Crippen molar-refractivity contribution in [3.8, 4) is 0 Å². The maximum absolute atomic E-state index is 11.3. The lowest BCUT2D eigenvalue weighted by atomic mass is 9.86. The van der Waals surface area contributed by atoms with E-state index in [0.29, 0.717) is 6.54 Å². The number of urea groups is 1. The van der Waals surface area contributed by atoms with Crippen LogP contribution >= 0.6 is 0 Å². The minimum Gasteiger partial charge on any atom is -0.478 e. The molecule has 0 aromatic heterocycles. The molecule has 1 heterocycles. The number of hydrogen-bond donors (Lipinski definition) is 3. The highest BCUT2D eigenvalue weighted by atomic mass is 16.4. The Kier molecular flexibility index (Phi) is 2.75. The van der Waals surface area contributed by atoms with Crippen molar-refractivity contribution in [3.63, 3.8) is 0 Å². The van der Waals surface area contributed by atoms with Gasteiger partial charge in [-0.25, -0.2) is 9.59 Å². The van der Waals surface area contributed by atoms with Gasteiger partial charge in [0.05, 0.1) is 11.1 Å². The molecule has 1 aliphatic rings. The Bertz CT molecular complexity index is 473. The van der Waals surface area contributed by atoms with Gasteiger partial charge < -0.3 is 15.7 Å². The van der Waals surface area contributed by atoms with E-state index in [1.165, 1.54) is 6.07 Å². The van der Waals surface area contributed by atoms with Gasteiger partial charge in [0.2, 0.25) is 0 Å². The molecular weight excluding hydrogens is 220 g/mol. The minimum atomic E-state index is -0.962. The molecule has 3 N–H and O–H groups in total. The van der Waals surface area contributed by atoms with E-state index >= 15 is 0 Å². The molecule has 90 valence electrons. The van der Waals surface area contributed by atoms with Crippen molar-refractivity contribution in [2.75, 3.05) is 6.54 Å². The lowest BCUT2D eigenvalue weighted by molar-refractivity contribution is 0.0696. The smallest absolute Gasteiger partial charge is 0.335 e.